The van der Waals surface area contributed by atoms with E-state index in [2.05, 4.69) is 9.97 Å². The molecule has 0 atom stereocenters. The average molecular weight is 504 g/mol. The maximum atomic E-state index is 13.2. The highest BCUT2D eigenvalue weighted by molar-refractivity contribution is 7.91. The Balaban J connectivity index is 1.53. The van der Waals surface area contributed by atoms with Crippen LogP contribution in [0.25, 0.3) is 10.2 Å². The summed E-state index contributed by atoms with van der Waals surface area (Å²) in [5.41, 5.74) is 1.48. The van der Waals surface area contributed by atoms with E-state index in [9.17, 15) is 17.6 Å². The van der Waals surface area contributed by atoms with Crippen LogP contribution < -0.4 is 4.90 Å². The van der Waals surface area contributed by atoms with Crippen LogP contribution in [0.1, 0.15) is 18.4 Å². The van der Waals surface area contributed by atoms with Crippen LogP contribution in [0.5, 0.6) is 0 Å². The molecule has 2 aromatic carbocycles. The standard InChI is InChI=1S/C23H19ClFN3O3S2/c24-19-3-1-4-20-22(19)27-23(32-20)28(15-16-10-12-26-13-11-16)21(29)5-2-14-33(30,31)18-8-6-17(25)7-9-18/h1,3-4,6-13H,2,5,14-15H2. The van der Waals surface area contributed by atoms with Gasteiger partial charge in [0.05, 0.1) is 26.9 Å². The highest BCUT2D eigenvalue weighted by Crippen LogP contribution is 2.34. The fourth-order valence-electron chi connectivity index (χ4n) is 3.26. The van der Waals surface area contributed by atoms with Gasteiger partial charge in [0.1, 0.15) is 11.3 Å². The number of sulfone groups is 1. The van der Waals surface area contributed by atoms with Gasteiger partial charge in [-0.2, -0.15) is 0 Å². The topological polar surface area (TPSA) is 80.2 Å². The van der Waals surface area contributed by atoms with Gasteiger partial charge in [0.15, 0.2) is 15.0 Å². The minimum Gasteiger partial charge on any atom is -0.284 e. The summed E-state index contributed by atoms with van der Waals surface area (Å²) in [5.74, 6) is -0.984. The van der Waals surface area contributed by atoms with Crippen molar-refractivity contribution in [2.75, 3.05) is 10.7 Å². The quantitative estimate of drug-likeness (QED) is 0.306. The summed E-state index contributed by atoms with van der Waals surface area (Å²) in [5, 5.41) is 0.984. The van der Waals surface area contributed by atoms with Crippen LogP contribution in [0.3, 0.4) is 0 Å². The molecule has 0 saturated heterocycles. The second-order valence-corrected chi connectivity index (χ2v) is 10.8. The monoisotopic (exact) mass is 503 g/mol. The van der Waals surface area contributed by atoms with Crippen molar-refractivity contribution in [3.05, 3.63) is 83.4 Å². The number of hydrogen-bond donors (Lipinski definition) is 0. The van der Waals surface area contributed by atoms with Gasteiger partial charge in [-0.25, -0.2) is 17.8 Å². The van der Waals surface area contributed by atoms with Gasteiger partial charge in [0.2, 0.25) is 5.91 Å². The van der Waals surface area contributed by atoms with Crippen LogP contribution in [0, 0.1) is 5.82 Å². The second-order valence-electron chi connectivity index (χ2n) is 7.29. The normalized spacial score (nSPS) is 11.6. The third-order valence-electron chi connectivity index (χ3n) is 4.96. The Kier molecular flexibility index (Phi) is 7.02. The molecule has 2 aromatic heterocycles. The molecule has 1 amide bonds. The number of halogens is 2. The van der Waals surface area contributed by atoms with Crippen molar-refractivity contribution in [2.45, 2.75) is 24.3 Å². The number of rotatable bonds is 8. The van der Waals surface area contributed by atoms with Crippen LogP contribution in [-0.4, -0.2) is 30.0 Å². The number of carbonyl (C=O) groups is 1. The van der Waals surface area contributed by atoms with Crippen molar-refractivity contribution >= 4 is 54.0 Å². The first-order chi connectivity index (χ1) is 15.8. The molecule has 0 saturated carbocycles. The number of benzene rings is 2. The Morgan fingerprint density at radius 2 is 1.79 bits per heavy atom. The number of aromatic nitrogens is 2. The number of hydrogen-bond acceptors (Lipinski definition) is 6. The maximum Gasteiger partial charge on any atom is 0.229 e. The molecule has 33 heavy (non-hydrogen) atoms. The summed E-state index contributed by atoms with van der Waals surface area (Å²) < 4.78 is 39.0. The first-order valence-electron chi connectivity index (χ1n) is 10.1. The van der Waals surface area contributed by atoms with Crippen molar-refractivity contribution in [2.24, 2.45) is 0 Å². The molecule has 4 aromatic rings. The van der Waals surface area contributed by atoms with Crippen molar-refractivity contribution in [3.63, 3.8) is 0 Å². The average Bonchev–Trinajstić information content (AvgIpc) is 3.23. The van der Waals surface area contributed by atoms with Crippen molar-refractivity contribution in [3.8, 4) is 0 Å². The fourth-order valence-corrected chi connectivity index (χ4v) is 5.85. The highest BCUT2D eigenvalue weighted by atomic mass is 35.5. The van der Waals surface area contributed by atoms with Crippen LogP contribution in [0.2, 0.25) is 5.02 Å². The molecule has 0 radical (unpaired) electrons. The van der Waals surface area contributed by atoms with E-state index in [0.717, 1.165) is 22.4 Å². The lowest BCUT2D eigenvalue weighted by Gasteiger charge is -2.20. The zero-order valence-electron chi connectivity index (χ0n) is 17.3. The van der Waals surface area contributed by atoms with Gasteiger partial charge < -0.3 is 0 Å². The molecule has 0 aliphatic rings. The Labute approximate surface area is 199 Å². The summed E-state index contributed by atoms with van der Waals surface area (Å²) in [6, 6.07) is 13.7. The van der Waals surface area contributed by atoms with Crippen LogP contribution >= 0.6 is 22.9 Å². The molecule has 0 N–H and O–H groups in total. The van der Waals surface area contributed by atoms with Crippen LogP contribution in [0.15, 0.2) is 71.9 Å². The number of carbonyl (C=O) groups excluding carboxylic acids is 1. The Bertz CT molecular complexity index is 1380. The van der Waals surface area contributed by atoms with E-state index in [0.29, 0.717) is 15.7 Å². The molecule has 0 aliphatic carbocycles. The predicted molar refractivity (Wildman–Crippen MR) is 128 cm³/mol. The molecule has 2 heterocycles. The molecule has 4 rings (SSSR count). The highest BCUT2D eigenvalue weighted by Gasteiger charge is 2.22. The minimum atomic E-state index is -3.62. The van der Waals surface area contributed by atoms with E-state index in [4.69, 9.17) is 11.6 Å². The van der Waals surface area contributed by atoms with E-state index >= 15 is 0 Å². The van der Waals surface area contributed by atoms with Gasteiger partial charge >= 0.3 is 0 Å². The lowest BCUT2D eigenvalue weighted by molar-refractivity contribution is -0.118. The number of amides is 1. The number of nitrogens with zero attached hydrogens (tertiary/aromatic N) is 3. The van der Waals surface area contributed by atoms with E-state index in [-0.39, 0.29) is 35.9 Å². The van der Waals surface area contributed by atoms with Gasteiger partial charge in [-0.05, 0) is 60.5 Å². The lowest BCUT2D eigenvalue weighted by atomic mass is 10.2. The number of anilines is 1. The molecule has 170 valence electrons. The maximum absolute atomic E-state index is 13.2. The van der Waals surface area contributed by atoms with Crippen molar-refractivity contribution in [1.29, 1.82) is 0 Å². The van der Waals surface area contributed by atoms with Crippen molar-refractivity contribution in [1.82, 2.24) is 9.97 Å². The Morgan fingerprint density at radius 3 is 2.48 bits per heavy atom. The Hall–Kier alpha value is -2.88. The van der Waals surface area contributed by atoms with Gasteiger partial charge in [0.25, 0.3) is 0 Å². The molecule has 0 fully saturated rings. The Morgan fingerprint density at radius 1 is 1.06 bits per heavy atom. The molecule has 0 spiro atoms. The molecule has 0 unspecified atom stereocenters. The van der Waals surface area contributed by atoms with Gasteiger partial charge in [-0.1, -0.05) is 29.0 Å². The molecule has 6 nitrogen and oxygen atoms in total. The first kappa shape index (κ1) is 23.3. The van der Waals surface area contributed by atoms with Gasteiger partial charge in [-0.15, -0.1) is 0 Å². The van der Waals surface area contributed by atoms with E-state index in [1.54, 1.807) is 35.5 Å². The summed E-state index contributed by atoms with van der Waals surface area (Å²) in [6.45, 7) is 0.267. The summed E-state index contributed by atoms with van der Waals surface area (Å²) in [7, 11) is -3.62. The minimum absolute atomic E-state index is 0.00909. The third-order valence-corrected chi connectivity index (χ3v) is 8.12. The number of para-hydroxylation sites is 1. The van der Waals surface area contributed by atoms with Crippen molar-refractivity contribution < 1.29 is 17.6 Å². The summed E-state index contributed by atoms with van der Waals surface area (Å²) in [6.07, 6.45) is 3.41. The van der Waals surface area contributed by atoms with Gasteiger partial charge in [-0.3, -0.25) is 14.7 Å². The zero-order valence-corrected chi connectivity index (χ0v) is 19.7. The molecule has 0 bridgehead atoms. The smallest absolute Gasteiger partial charge is 0.229 e. The van der Waals surface area contributed by atoms with E-state index in [1.807, 2.05) is 12.1 Å². The number of thiazole rings is 1. The predicted octanol–water partition coefficient (Wildman–Crippen LogP) is 5.27. The first-order valence-corrected chi connectivity index (χ1v) is 12.9. The fraction of sp³-hybridized carbons (Fsp3) is 0.174. The molecule has 0 aliphatic heterocycles. The van der Waals surface area contributed by atoms with Crippen LogP contribution in [0.4, 0.5) is 9.52 Å². The largest absolute Gasteiger partial charge is 0.284 e. The van der Waals surface area contributed by atoms with E-state index < -0.39 is 15.7 Å². The summed E-state index contributed by atoms with van der Waals surface area (Å²) >= 11 is 7.60. The zero-order chi connectivity index (χ0) is 23.4. The molecular weight excluding hydrogens is 485 g/mol. The summed E-state index contributed by atoms with van der Waals surface area (Å²) in [4.78, 5) is 23.3. The number of pyridine rings is 1. The van der Waals surface area contributed by atoms with Crippen LogP contribution in [-0.2, 0) is 21.2 Å². The molecule has 10 heteroatoms. The second kappa shape index (κ2) is 9.94. The van der Waals surface area contributed by atoms with E-state index in [1.165, 1.54) is 23.5 Å². The third kappa shape index (κ3) is 5.55. The molecular formula is C23H19ClFN3O3S2. The SMILES string of the molecule is O=C(CCCS(=O)(=O)c1ccc(F)cc1)N(Cc1ccncc1)c1nc2c(Cl)cccc2s1. The van der Waals surface area contributed by atoms with Gasteiger partial charge in [0, 0.05) is 18.8 Å². The number of fused-ring (bicyclic) bond motifs is 1. The lowest BCUT2D eigenvalue weighted by Crippen LogP contribution is -2.30.